The number of amides is 1. The maximum absolute atomic E-state index is 13.7. The highest BCUT2D eigenvalue weighted by Crippen LogP contribution is 2.27. The molecular weight excluding hydrogens is 271 g/mol. The highest BCUT2D eigenvalue weighted by molar-refractivity contribution is 5.95. The third-order valence-corrected chi connectivity index (χ3v) is 3.94. The fourth-order valence-corrected chi connectivity index (χ4v) is 2.69. The largest absolute Gasteiger partial charge is 0.494 e. The fraction of sp³-hybridized carbons (Fsp3) is 0.500. The summed E-state index contributed by atoms with van der Waals surface area (Å²) in [4.78, 5) is 12.3. The number of hydrogen-bond acceptors (Lipinski definition) is 3. The summed E-state index contributed by atoms with van der Waals surface area (Å²) >= 11 is 0. The Hall–Kier alpha value is -2.09. The summed E-state index contributed by atoms with van der Waals surface area (Å²) in [6.07, 6.45) is 5.30. The van der Waals surface area contributed by atoms with Gasteiger partial charge in [0.2, 0.25) is 0 Å². The van der Waals surface area contributed by atoms with Crippen LogP contribution < -0.4 is 10.1 Å². The van der Waals surface area contributed by atoms with Crippen molar-refractivity contribution in [2.45, 2.75) is 44.1 Å². The molecule has 0 heterocycles. The van der Waals surface area contributed by atoms with E-state index in [-0.39, 0.29) is 11.3 Å². The Morgan fingerprint density at radius 2 is 2.00 bits per heavy atom. The van der Waals surface area contributed by atoms with Gasteiger partial charge < -0.3 is 10.1 Å². The van der Waals surface area contributed by atoms with E-state index in [4.69, 9.17) is 4.74 Å². The first-order valence-corrected chi connectivity index (χ1v) is 7.17. The lowest BCUT2D eigenvalue weighted by molar-refractivity contribution is 0.0912. The summed E-state index contributed by atoms with van der Waals surface area (Å²) in [5.74, 6) is -0.909. The van der Waals surface area contributed by atoms with Gasteiger partial charge in [-0.15, -0.1) is 0 Å². The van der Waals surface area contributed by atoms with Crippen molar-refractivity contribution in [3.63, 3.8) is 0 Å². The van der Waals surface area contributed by atoms with Gasteiger partial charge in [0.15, 0.2) is 11.6 Å². The minimum absolute atomic E-state index is 0.0935. The molecule has 1 aliphatic carbocycles. The van der Waals surface area contributed by atoms with Crippen LogP contribution in [-0.4, -0.2) is 18.6 Å². The van der Waals surface area contributed by atoms with E-state index < -0.39 is 17.3 Å². The van der Waals surface area contributed by atoms with E-state index in [9.17, 15) is 14.4 Å². The van der Waals surface area contributed by atoms with Crippen molar-refractivity contribution in [1.29, 1.82) is 5.26 Å². The van der Waals surface area contributed by atoms with Crippen LogP contribution in [0.1, 0.15) is 48.9 Å². The summed E-state index contributed by atoms with van der Waals surface area (Å²) in [7, 11) is 1.37. The van der Waals surface area contributed by atoms with Gasteiger partial charge in [0, 0.05) is 5.56 Å². The predicted molar refractivity (Wildman–Crippen MR) is 76.5 cm³/mol. The molecule has 1 N–H and O–H groups in total. The molecule has 0 aliphatic heterocycles. The van der Waals surface area contributed by atoms with Crippen LogP contribution in [0.25, 0.3) is 0 Å². The minimum atomic E-state index is -0.829. The number of halogens is 1. The fourth-order valence-electron chi connectivity index (χ4n) is 2.69. The van der Waals surface area contributed by atoms with Gasteiger partial charge in [-0.3, -0.25) is 4.79 Å². The van der Waals surface area contributed by atoms with Crippen molar-refractivity contribution in [2.24, 2.45) is 0 Å². The Bertz CT molecular complexity index is 558. The number of carbonyl (C=O) groups is 1. The van der Waals surface area contributed by atoms with E-state index in [1.807, 2.05) is 0 Å². The first-order valence-electron chi connectivity index (χ1n) is 7.17. The molecule has 0 saturated heterocycles. The summed E-state index contributed by atoms with van der Waals surface area (Å²) in [5, 5.41) is 12.2. The van der Waals surface area contributed by atoms with E-state index in [0.29, 0.717) is 12.8 Å². The lowest BCUT2D eigenvalue weighted by Crippen LogP contribution is -2.47. The summed E-state index contributed by atoms with van der Waals surface area (Å²) in [6.45, 7) is 0. The molecule has 0 spiro atoms. The average Bonchev–Trinajstić information content (AvgIpc) is 2.73. The van der Waals surface area contributed by atoms with Gasteiger partial charge in [0.25, 0.3) is 5.91 Å². The topological polar surface area (TPSA) is 62.1 Å². The molecule has 1 aromatic carbocycles. The Kier molecular flexibility index (Phi) is 4.79. The Morgan fingerprint density at radius 3 is 2.52 bits per heavy atom. The van der Waals surface area contributed by atoms with Gasteiger partial charge >= 0.3 is 0 Å². The molecule has 0 bridgehead atoms. The van der Waals surface area contributed by atoms with Crippen molar-refractivity contribution in [1.82, 2.24) is 5.32 Å². The third kappa shape index (κ3) is 3.52. The zero-order chi connectivity index (χ0) is 15.3. The van der Waals surface area contributed by atoms with E-state index in [1.54, 1.807) is 0 Å². The zero-order valence-electron chi connectivity index (χ0n) is 12.1. The SMILES string of the molecule is COc1ccc(C(=O)NC2(C#N)CCCCCC2)cc1F. The van der Waals surface area contributed by atoms with E-state index in [0.717, 1.165) is 31.7 Å². The number of ether oxygens (including phenoxy) is 1. The molecule has 1 aromatic rings. The highest BCUT2D eigenvalue weighted by atomic mass is 19.1. The van der Waals surface area contributed by atoms with Crippen LogP contribution >= 0.6 is 0 Å². The molecule has 0 radical (unpaired) electrons. The molecular formula is C16H19FN2O2. The summed E-state index contributed by atoms with van der Waals surface area (Å²) < 4.78 is 18.5. The monoisotopic (exact) mass is 290 g/mol. The molecule has 1 amide bonds. The Morgan fingerprint density at radius 1 is 1.33 bits per heavy atom. The third-order valence-electron chi connectivity index (χ3n) is 3.94. The molecule has 2 rings (SSSR count). The number of hydrogen-bond donors (Lipinski definition) is 1. The number of benzene rings is 1. The van der Waals surface area contributed by atoms with Crippen molar-refractivity contribution in [2.75, 3.05) is 7.11 Å². The van der Waals surface area contributed by atoms with E-state index >= 15 is 0 Å². The molecule has 5 heteroatoms. The second kappa shape index (κ2) is 6.57. The van der Waals surface area contributed by atoms with Gasteiger partial charge in [0.1, 0.15) is 5.54 Å². The Balaban J connectivity index is 2.16. The van der Waals surface area contributed by atoms with Crippen molar-refractivity contribution < 1.29 is 13.9 Å². The second-order valence-electron chi connectivity index (χ2n) is 5.41. The van der Waals surface area contributed by atoms with Crippen LogP contribution in [0.2, 0.25) is 0 Å². The van der Waals surface area contributed by atoms with Gasteiger partial charge in [0.05, 0.1) is 13.2 Å². The predicted octanol–water partition coefficient (Wildman–Crippen LogP) is 3.18. The number of rotatable bonds is 3. The van der Waals surface area contributed by atoms with Crippen LogP contribution in [-0.2, 0) is 0 Å². The smallest absolute Gasteiger partial charge is 0.252 e. The lowest BCUT2D eigenvalue weighted by Gasteiger charge is -2.26. The maximum atomic E-state index is 13.7. The molecule has 0 unspecified atom stereocenters. The van der Waals surface area contributed by atoms with Crippen LogP contribution in [0, 0.1) is 17.1 Å². The lowest BCUT2D eigenvalue weighted by atomic mass is 9.91. The van der Waals surface area contributed by atoms with Crippen molar-refractivity contribution >= 4 is 5.91 Å². The van der Waals surface area contributed by atoms with Gasteiger partial charge in [-0.05, 0) is 31.0 Å². The number of methoxy groups -OCH3 is 1. The summed E-state index contributed by atoms with van der Waals surface area (Å²) in [6, 6.07) is 6.29. The first-order chi connectivity index (χ1) is 10.1. The average molecular weight is 290 g/mol. The molecule has 1 fully saturated rings. The molecule has 0 aromatic heterocycles. The molecule has 4 nitrogen and oxygen atoms in total. The molecule has 112 valence electrons. The zero-order valence-corrected chi connectivity index (χ0v) is 12.1. The van der Waals surface area contributed by atoms with Crippen LogP contribution in [0.3, 0.4) is 0 Å². The number of nitrogens with one attached hydrogen (secondary N) is 1. The van der Waals surface area contributed by atoms with E-state index in [2.05, 4.69) is 11.4 Å². The number of nitriles is 1. The quantitative estimate of drug-likeness (QED) is 0.870. The van der Waals surface area contributed by atoms with Crippen molar-refractivity contribution in [3.05, 3.63) is 29.6 Å². The highest BCUT2D eigenvalue weighted by Gasteiger charge is 2.32. The number of carbonyl (C=O) groups excluding carboxylic acids is 1. The maximum Gasteiger partial charge on any atom is 0.252 e. The minimum Gasteiger partial charge on any atom is -0.494 e. The van der Waals surface area contributed by atoms with Gasteiger partial charge in [-0.1, -0.05) is 25.7 Å². The summed E-state index contributed by atoms with van der Waals surface area (Å²) in [5.41, 5.74) is -0.628. The normalized spacial score (nSPS) is 17.4. The molecule has 0 atom stereocenters. The van der Waals surface area contributed by atoms with Crippen LogP contribution in [0.5, 0.6) is 5.75 Å². The van der Waals surface area contributed by atoms with Crippen LogP contribution in [0.15, 0.2) is 18.2 Å². The van der Waals surface area contributed by atoms with Crippen molar-refractivity contribution in [3.8, 4) is 11.8 Å². The second-order valence-corrected chi connectivity index (χ2v) is 5.41. The van der Waals surface area contributed by atoms with Gasteiger partial charge in [-0.25, -0.2) is 4.39 Å². The number of nitrogens with zero attached hydrogens (tertiary/aromatic N) is 1. The van der Waals surface area contributed by atoms with Crippen LogP contribution in [0.4, 0.5) is 4.39 Å². The molecule has 1 saturated carbocycles. The van der Waals surface area contributed by atoms with Gasteiger partial charge in [-0.2, -0.15) is 5.26 Å². The Labute approximate surface area is 123 Å². The first kappa shape index (κ1) is 15.3. The standard InChI is InChI=1S/C16H19FN2O2/c1-21-14-7-6-12(10-13(14)17)15(20)19-16(11-18)8-4-2-3-5-9-16/h6-7,10H,2-5,8-9H2,1H3,(H,19,20). The molecule has 21 heavy (non-hydrogen) atoms. The molecule has 1 aliphatic rings. The van der Waals surface area contributed by atoms with E-state index in [1.165, 1.54) is 19.2 Å².